The van der Waals surface area contributed by atoms with E-state index in [1.807, 2.05) is 37.3 Å². The van der Waals surface area contributed by atoms with Gasteiger partial charge in [0.15, 0.2) is 0 Å². The molecule has 1 aromatic carbocycles. The number of carbonyl (C=O) groups is 1. The zero-order valence-corrected chi connectivity index (χ0v) is 15.6. The van der Waals surface area contributed by atoms with Crippen LogP contribution in [0.25, 0.3) is 11.1 Å². The van der Waals surface area contributed by atoms with Gasteiger partial charge >= 0.3 is 5.97 Å². The number of anilines is 1. The van der Waals surface area contributed by atoms with Gasteiger partial charge in [-0.3, -0.25) is 4.90 Å². The first-order valence-electron chi connectivity index (χ1n) is 9.06. The number of thiophene rings is 1. The molecule has 5 heteroatoms. The van der Waals surface area contributed by atoms with Crippen molar-refractivity contribution in [3.63, 3.8) is 0 Å². The molecule has 0 unspecified atom stereocenters. The lowest BCUT2D eigenvalue weighted by atomic mass is 10.0. The van der Waals surface area contributed by atoms with Crippen LogP contribution in [0.15, 0.2) is 30.3 Å². The largest absolute Gasteiger partial charge is 0.462 e. The van der Waals surface area contributed by atoms with E-state index >= 15 is 0 Å². The van der Waals surface area contributed by atoms with Crippen molar-refractivity contribution in [1.82, 2.24) is 4.90 Å². The van der Waals surface area contributed by atoms with E-state index in [2.05, 4.69) is 4.90 Å². The summed E-state index contributed by atoms with van der Waals surface area (Å²) in [7, 11) is 0. The fourth-order valence-corrected chi connectivity index (χ4v) is 4.54. The number of hydrogen-bond donors (Lipinski definition) is 1. The second-order valence-electron chi connectivity index (χ2n) is 6.42. The number of ether oxygens (including phenoxy) is 1. The Kier molecular flexibility index (Phi) is 6.10. The first kappa shape index (κ1) is 18.0. The maximum atomic E-state index is 12.5. The van der Waals surface area contributed by atoms with Crippen molar-refractivity contribution in [2.24, 2.45) is 0 Å². The van der Waals surface area contributed by atoms with Crippen LogP contribution < -0.4 is 5.73 Å². The topological polar surface area (TPSA) is 55.6 Å². The molecule has 0 amide bonds. The molecule has 0 bridgehead atoms. The third-order valence-electron chi connectivity index (χ3n) is 4.62. The maximum Gasteiger partial charge on any atom is 0.341 e. The van der Waals surface area contributed by atoms with Crippen LogP contribution in [0.4, 0.5) is 5.00 Å². The number of esters is 1. The molecule has 0 radical (unpaired) electrons. The number of nitrogens with two attached hydrogens (primary N) is 1. The van der Waals surface area contributed by atoms with Gasteiger partial charge in [-0.1, -0.05) is 43.2 Å². The number of likely N-dealkylation sites (tertiary alicyclic amines) is 1. The highest BCUT2D eigenvalue weighted by Gasteiger charge is 2.25. The maximum absolute atomic E-state index is 12.5. The van der Waals surface area contributed by atoms with Gasteiger partial charge in [-0.05, 0) is 38.4 Å². The Balaban J connectivity index is 1.99. The number of nitrogen functional groups attached to an aromatic ring is 1. The molecular formula is C20H26N2O2S. The molecule has 25 heavy (non-hydrogen) atoms. The van der Waals surface area contributed by atoms with E-state index in [9.17, 15) is 4.79 Å². The van der Waals surface area contributed by atoms with Crippen LogP contribution in [0.3, 0.4) is 0 Å². The molecule has 1 aliphatic heterocycles. The summed E-state index contributed by atoms with van der Waals surface area (Å²) in [5.74, 6) is -0.322. The number of hydrogen-bond acceptors (Lipinski definition) is 5. The summed E-state index contributed by atoms with van der Waals surface area (Å²) in [5, 5.41) is 0.558. The van der Waals surface area contributed by atoms with Crippen LogP contribution in [0.5, 0.6) is 0 Å². The minimum Gasteiger partial charge on any atom is -0.462 e. The lowest BCUT2D eigenvalue weighted by Crippen LogP contribution is -2.23. The highest BCUT2D eigenvalue weighted by Crippen LogP contribution is 2.40. The van der Waals surface area contributed by atoms with Crippen LogP contribution in [0.2, 0.25) is 0 Å². The molecule has 3 rings (SSSR count). The smallest absolute Gasteiger partial charge is 0.341 e. The summed E-state index contributed by atoms with van der Waals surface area (Å²) in [6.07, 6.45) is 5.10. The van der Waals surface area contributed by atoms with Crippen molar-refractivity contribution in [2.45, 2.75) is 39.2 Å². The number of nitrogens with zero attached hydrogens (tertiary/aromatic N) is 1. The highest BCUT2D eigenvalue weighted by molar-refractivity contribution is 7.17. The Morgan fingerprint density at radius 2 is 1.84 bits per heavy atom. The molecule has 1 saturated heterocycles. The van der Waals surface area contributed by atoms with Gasteiger partial charge in [0.25, 0.3) is 0 Å². The van der Waals surface area contributed by atoms with Gasteiger partial charge in [-0.2, -0.15) is 0 Å². The first-order valence-corrected chi connectivity index (χ1v) is 9.88. The number of rotatable bonds is 5. The van der Waals surface area contributed by atoms with E-state index in [0.29, 0.717) is 17.2 Å². The van der Waals surface area contributed by atoms with Crippen LogP contribution in [0.1, 0.15) is 47.8 Å². The molecule has 1 fully saturated rings. The molecule has 1 aliphatic rings. The Morgan fingerprint density at radius 3 is 2.48 bits per heavy atom. The van der Waals surface area contributed by atoms with Crippen molar-refractivity contribution in [2.75, 3.05) is 25.4 Å². The average Bonchev–Trinajstić information content (AvgIpc) is 2.77. The normalized spacial score (nSPS) is 15.7. The fraction of sp³-hybridized carbons (Fsp3) is 0.450. The standard InChI is InChI=1S/C20H26N2O2S/c1-2-24-20(23)18-17(15-10-6-5-7-11-15)16(25-19(18)21)14-22-12-8-3-4-9-13-22/h5-7,10-11H,2-4,8-9,12-14,21H2,1H3. The number of benzene rings is 1. The quantitative estimate of drug-likeness (QED) is 0.797. The predicted octanol–water partition coefficient (Wildman–Crippen LogP) is 4.55. The van der Waals surface area contributed by atoms with Gasteiger partial charge in [0.1, 0.15) is 10.6 Å². The van der Waals surface area contributed by atoms with Crippen molar-refractivity contribution >= 4 is 22.3 Å². The van der Waals surface area contributed by atoms with Crippen molar-refractivity contribution < 1.29 is 9.53 Å². The third-order valence-corrected chi connectivity index (χ3v) is 5.62. The van der Waals surface area contributed by atoms with E-state index in [1.165, 1.54) is 37.0 Å². The van der Waals surface area contributed by atoms with Crippen molar-refractivity contribution in [1.29, 1.82) is 0 Å². The SMILES string of the molecule is CCOC(=O)c1c(N)sc(CN2CCCCCC2)c1-c1ccccc1. The van der Waals surface area contributed by atoms with E-state index in [0.717, 1.165) is 35.6 Å². The second kappa shape index (κ2) is 8.50. The molecule has 0 saturated carbocycles. The molecule has 134 valence electrons. The average molecular weight is 359 g/mol. The van der Waals surface area contributed by atoms with Crippen LogP contribution in [-0.4, -0.2) is 30.6 Å². The van der Waals surface area contributed by atoms with Crippen molar-refractivity contribution in [3.05, 3.63) is 40.8 Å². The Labute approximate surface area is 153 Å². The molecule has 2 N–H and O–H groups in total. The summed E-state index contributed by atoms with van der Waals surface area (Å²) in [4.78, 5) is 16.2. The predicted molar refractivity (Wildman–Crippen MR) is 104 cm³/mol. The van der Waals surface area contributed by atoms with Gasteiger partial charge in [0.2, 0.25) is 0 Å². The van der Waals surface area contributed by atoms with Gasteiger partial charge < -0.3 is 10.5 Å². The Morgan fingerprint density at radius 1 is 1.16 bits per heavy atom. The summed E-state index contributed by atoms with van der Waals surface area (Å²) in [5.41, 5.74) is 8.76. The first-order chi connectivity index (χ1) is 12.2. The lowest BCUT2D eigenvalue weighted by Gasteiger charge is -2.20. The van der Waals surface area contributed by atoms with E-state index in [-0.39, 0.29) is 5.97 Å². The highest BCUT2D eigenvalue weighted by atomic mass is 32.1. The van der Waals surface area contributed by atoms with Crippen LogP contribution in [0, 0.1) is 0 Å². The zero-order chi connectivity index (χ0) is 17.6. The summed E-state index contributed by atoms with van der Waals surface area (Å²) >= 11 is 1.53. The van der Waals surface area contributed by atoms with E-state index in [4.69, 9.17) is 10.5 Å². The molecule has 1 aromatic heterocycles. The van der Waals surface area contributed by atoms with Crippen LogP contribution in [-0.2, 0) is 11.3 Å². The molecule has 4 nitrogen and oxygen atoms in total. The van der Waals surface area contributed by atoms with Crippen molar-refractivity contribution in [3.8, 4) is 11.1 Å². The molecule has 0 aliphatic carbocycles. The molecule has 2 aromatic rings. The van der Waals surface area contributed by atoms with E-state index < -0.39 is 0 Å². The summed E-state index contributed by atoms with van der Waals surface area (Å²) in [6, 6.07) is 10.0. The Hall–Kier alpha value is -1.85. The molecular weight excluding hydrogens is 332 g/mol. The van der Waals surface area contributed by atoms with Gasteiger partial charge in [-0.15, -0.1) is 11.3 Å². The molecule has 0 atom stereocenters. The minimum atomic E-state index is -0.322. The van der Waals surface area contributed by atoms with Gasteiger partial charge in [-0.25, -0.2) is 4.79 Å². The monoisotopic (exact) mass is 358 g/mol. The third kappa shape index (κ3) is 4.22. The van der Waals surface area contributed by atoms with Gasteiger partial charge in [0, 0.05) is 17.0 Å². The summed E-state index contributed by atoms with van der Waals surface area (Å²) in [6.45, 7) is 5.24. The van der Waals surface area contributed by atoms with Gasteiger partial charge in [0.05, 0.1) is 6.61 Å². The second-order valence-corrected chi connectivity index (χ2v) is 7.55. The number of carbonyl (C=O) groups excluding carboxylic acids is 1. The molecule has 2 heterocycles. The van der Waals surface area contributed by atoms with E-state index in [1.54, 1.807) is 0 Å². The van der Waals surface area contributed by atoms with Crippen LogP contribution >= 0.6 is 11.3 Å². The summed E-state index contributed by atoms with van der Waals surface area (Å²) < 4.78 is 5.27. The minimum absolute atomic E-state index is 0.322. The Bertz CT molecular complexity index is 704. The zero-order valence-electron chi connectivity index (χ0n) is 14.8. The molecule has 0 spiro atoms. The lowest BCUT2D eigenvalue weighted by molar-refractivity contribution is 0.0529. The fourth-order valence-electron chi connectivity index (χ4n) is 3.42.